The molecule has 1 aromatic carbocycles. The SMILES string of the molecule is CC(C)(C)[Si](C)(C)OC[C@@]1(C)CN([B]C=O)c2c(C#N)cc(-c3ccnc(Nc4cc(Cl)nn4C[C@@H]4COCCO4)n3)cc21. The van der Waals surface area contributed by atoms with Crippen molar-refractivity contribution in [3.05, 3.63) is 46.7 Å². The van der Waals surface area contributed by atoms with Crippen LogP contribution < -0.4 is 10.1 Å². The Bertz CT molecular complexity index is 1570. The Morgan fingerprint density at radius 1 is 1.32 bits per heavy atom. The van der Waals surface area contributed by atoms with Crippen molar-refractivity contribution in [2.24, 2.45) is 0 Å². The molecule has 1 N–H and O–H groups in total. The van der Waals surface area contributed by atoms with Gasteiger partial charge >= 0.3 is 7.41 Å². The number of nitrogens with one attached hydrogen (secondary N) is 1. The number of rotatable bonds is 10. The number of halogens is 1. The fourth-order valence-electron chi connectivity index (χ4n) is 5.21. The van der Waals surface area contributed by atoms with E-state index in [0.717, 1.165) is 23.0 Å². The summed E-state index contributed by atoms with van der Waals surface area (Å²) >= 11 is 6.25. The van der Waals surface area contributed by atoms with Gasteiger partial charge in [0, 0.05) is 42.1 Å². The summed E-state index contributed by atoms with van der Waals surface area (Å²) < 4.78 is 19.7. The molecule has 0 amide bonds. The quantitative estimate of drug-likeness (QED) is 0.242. The number of fused-ring (bicyclic) bond motifs is 1. The normalized spacial score (nSPS) is 20.2. The average Bonchev–Trinajstić information content (AvgIpc) is 3.47. The zero-order valence-electron chi connectivity index (χ0n) is 26.1. The summed E-state index contributed by atoms with van der Waals surface area (Å²) in [5.74, 6) is 0.962. The van der Waals surface area contributed by atoms with Crippen LogP contribution in [0.25, 0.3) is 11.3 Å². The fraction of sp³-hybridized carbons (Fsp3) is 0.500. The van der Waals surface area contributed by atoms with Crippen molar-refractivity contribution in [1.29, 1.82) is 5.26 Å². The van der Waals surface area contributed by atoms with Gasteiger partial charge in [-0.1, -0.05) is 39.3 Å². The van der Waals surface area contributed by atoms with Crippen molar-refractivity contribution < 1.29 is 18.7 Å². The van der Waals surface area contributed by atoms with Gasteiger partial charge in [0.1, 0.15) is 24.2 Å². The third kappa shape index (κ3) is 6.69. The topological polar surface area (TPSA) is 127 Å². The average molecular weight is 635 g/mol. The van der Waals surface area contributed by atoms with Crippen molar-refractivity contribution in [3.8, 4) is 17.3 Å². The van der Waals surface area contributed by atoms with Crippen LogP contribution in [-0.2, 0) is 30.7 Å². The summed E-state index contributed by atoms with van der Waals surface area (Å²) in [5.41, 5.74) is 3.05. The Morgan fingerprint density at radius 2 is 2.11 bits per heavy atom. The minimum absolute atomic E-state index is 0.0419. The first-order valence-corrected chi connectivity index (χ1v) is 17.9. The van der Waals surface area contributed by atoms with Gasteiger partial charge < -0.3 is 28.8 Å². The number of carbonyl (C=O) groups is 1. The Balaban J connectivity index is 1.47. The highest BCUT2D eigenvalue weighted by Gasteiger charge is 2.44. The van der Waals surface area contributed by atoms with E-state index in [9.17, 15) is 10.1 Å². The van der Waals surface area contributed by atoms with Gasteiger partial charge in [-0.2, -0.15) is 10.4 Å². The largest absolute Gasteiger partial charge is 0.416 e. The standard InChI is InChI=1S/C30H38BClN7O4Si/c1-29(2,3)44(5,6)43-18-30(4)17-38(31-19-40)27-21(14-33)11-20(12-23(27)30)24-7-8-34-28(35-24)36-26-13-25(32)37-39(26)15-22-16-41-9-10-42-22/h7-8,11-13,19,22H,9-10,15-18H2,1-6H3,(H,34,35,36)/t22-,30-/m1/s1. The Morgan fingerprint density at radius 3 is 2.80 bits per heavy atom. The van der Waals surface area contributed by atoms with Gasteiger partial charge in [0.2, 0.25) is 5.95 Å². The van der Waals surface area contributed by atoms with E-state index in [2.05, 4.69) is 68.3 Å². The molecule has 5 rings (SSSR count). The van der Waals surface area contributed by atoms with Gasteiger partial charge in [0.25, 0.3) is 0 Å². The van der Waals surface area contributed by atoms with Crippen LogP contribution in [-0.4, -0.2) is 80.7 Å². The number of anilines is 3. The summed E-state index contributed by atoms with van der Waals surface area (Å²) in [6, 6.07) is 9.71. The Labute approximate surface area is 265 Å². The van der Waals surface area contributed by atoms with E-state index in [1.54, 1.807) is 29.1 Å². The highest BCUT2D eigenvalue weighted by Crippen LogP contribution is 2.46. The number of nitrogens with zero attached hydrogens (tertiary/aromatic N) is 6. The molecule has 231 valence electrons. The highest BCUT2D eigenvalue weighted by atomic mass is 35.5. The molecular weight excluding hydrogens is 597 g/mol. The van der Waals surface area contributed by atoms with Crippen molar-refractivity contribution in [3.63, 3.8) is 0 Å². The molecule has 2 aliphatic rings. The number of benzene rings is 1. The Kier molecular flexibility index (Phi) is 9.21. The molecule has 0 aliphatic carbocycles. The summed E-state index contributed by atoms with van der Waals surface area (Å²) in [5, 5.41) is 18.2. The molecule has 14 heteroatoms. The van der Waals surface area contributed by atoms with Crippen LogP contribution in [0, 0.1) is 11.3 Å². The lowest BCUT2D eigenvalue weighted by Crippen LogP contribution is -2.46. The van der Waals surface area contributed by atoms with Gasteiger partial charge in [-0.3, -0.25) is 0 Å². The second-order valence-electron chi connectivity index (χ2n) is 13.0. The van der Waals surface area contributed by atoms with Crippen LogP contribution in [0.4, 0.5) is 17.5 Å². The van der Waals surface area contributed by atoms with Crippen LogP contribution >= 0.6 is 11.6 Å². The van der Waals surface area contributed by atoms with E-state index in [1.165, 1.54) is 7.41 Å². The molecule has 2 aliphatic heterocycles. The van der Waals surface area contributed by atoms with E-state index < -0.39 is 13.7 Å². The number of hydrogen-bond donors (Lipinski definition) is 1. The maximum Gasteiger partial charge on any atom is 0.329 e. The van der Waals surface area contributed by atoms with E-state index in [0.29, 0.717) is 67.7 Å². The molecular formula is C30H38BClN7O4Si. The number of carbonyl (C=O) groups excluding carboxylic acids is 1. The second-order valence-corrected chi connectivity index (χ2v) is 18.2. The lowest BCUT2D eigenvalue weighted by molar-refractivity contribution is -0.0944. The lowest BCUT2D eigenvalue weighted by atomic mass is 9.83. The summed E-state index contributed by atoms with van der Waals surface area (Å²) in [6.07, 6.45) is 2.28. The van der Waals surface area contributed by atoms with Gasteiger partial charge in [-0.15, -0.1) is 0 Å². The van der Waals surface area contributed by atoms with E-state index in [4.69, 9.17) is 30.5 Å². The van der Waals surface area contributed by atoms with Crippen molar-refractivity contribution in [2.45, 2.75) is 63.9 Å². The van der Waals surface area contributed by atoms with Crippen LogP contribution in [0.1, 0.15) is 38.8 Å². The van der Waals surface area contributed by atoms with Gasteiger partial charge in [-0.05, 0) is 41.9 Å². The first-order valence-electron chi connectivity index (χ1n) is 14.6. The molecule has 1 fully saturated rings. The molecule has 0 spiro atoms. The van der Waals surface area contributed by atoms with Crippen LogP contribution in [0.3, 0.4) is 0 Å². The predicted molar refractivity (Wildman–Crippen MR) is 174 cm³/mol. The zero-order valence-corrected chi connectivity index (χ0v) is 27.8. The summed E-state index contributed by atoms with van der Waals surface area (Å²) in [4.78, 5) is 22.7. The summed E-state index contributed by atoms with van der Waals surface area (Å²) in [7, 11) is -0.578. The molecule has 0 saturated carbocycles. The smallest absolute Gasteiger partial charge is 0.329 e. The van der Waals surface area contributed by atoms with Crippen LogP contribution in [0.15, 0.2) is 30.5 Å². The molecule has 44 heavy (non-hydrogen) atoms. The molecule has 1 saturated heterocycles. The molecule has 11 nitrogen and oxygen atoms in total. The fourth-order valence-corrected chi connectivity index (χ4v) is 6.52. The minimum atomic E-state index is -2.07. The van der Waals surface area contributed by atoms with Gasteiger partial charge in [0.15, 0.2) is 13.5 Å². The molecule has 2 aromatic heterocycles. The van der Waals surface area contributed by atoms with E-state index in [-0.39, 0.29) is 11.1 Å². The van der Waals surface area contributed by atoms with E-state index in [1.807, 2.05) is 4.81 Å². The summed E-state index contributed by atoms with van der Waals surface area (Å²) in [6.45, 7) is 16.2. The van der Waals surface area contributed by atoms with Crippen molar-refractivity contribution in [1.82, 2.24) is 19.7 Å². The third-order valence-electron chi connectivity index (χ3n) is 8.69. The van der Waals surface area contributed by atoms with E-state index >= 15 is 0 Å². The molecule has 0 bridgehead atoms. The molecule has 1 radical (unpaired) electrons. The monoisotopic (exact) mass is 634 g/mol. The molecule has 4 heterocycles. The highest BCUT2D eigenvalue weighted by molar-refractivity contribution is 6.74. The van der Waals surface area contributed by atoms with Crippen LogP contribution in [0.5, 0.6) is 0 Å². The van der Waals surface area contributed by atoms with Crippen molar-refractivity contribution >= 4 is 51.0 Å². The molecule has 2 atom stereocenters. The first kappa shape index (κ1) is 32.1. The van der Waals surface area contributed by atoms with Crippen LogP contribution in [0.2, 0.25) is 23.3 Å². The number of hydrogen-bond acceptors (Lipinski definition) is 10. The number of ether oxygens (including phenoxy) is 2. The third-order valence-corrected chi connectivity index (χ3v) is 13.4. The maximum atomic E-state index is 11.6. The molecule has 0 unspecified atom stereocenters. The predicted octanol–water partition coefficient (Wildman–Crippen LogP) is 4.93. The van der Waals surface area contributed by atoms with Crippen molar-refractivity contribution in [2.75, 3.05) is 43.1 Å². The number of aromatic nitrogens is 4. The molecule has 3 aromatic rings. The first-order chi connectivity index (χ1) is 20.8. The zero-order chi connectivity index (χ0) is 31.7. The Hall–Kier alpha value is -3.28. The minimum Gasteiger partial charge on any atom is -0.416 e. The second kappa shape index (κ2) is 12.6. The van der Waals surface area contributed by atoms with Gasteiger partial charge in [-0.25, -0.2) is 14.6 Å². The van der Waals surface area contributed by atoms with Gasteiger partial charge in [0.05, 0.1) is 37.6 Å². The maximum absolute atomic E-state index is 11.6. The lowest BCUT2D eigenvalue weighted by Gasteiger charge is -2.39. The number of nitriles is 1.